The number of fused-ring (bicyclic) bond motifs is 1. The Morgan fingerprint density at radius 2 is 1.67 bits per heavy atom. The lowest BCUT2D eigenvalue weighted by molar-refractivity contribution is -0.144. The molecule has 0 unspecified atom stereocenters. The zero-order valence-corrected chi connectivity index (χ0v) is 18.5. The first kappa shape index (κ1) is 21.6. The third-order valence-corrected chi connectivity index (χ3v) is 6.70. The number of likely N-dealkylation sites (tertiary alicyclic amines) is 1. The Kier molecular flexibility index (Phi) is 6.09. The van der Waals surface area contributed by atoms with Gasteiger partial charge in [0.1, 0.15) is 11.9 Å². The molecule has 33 heavy (non-hydrogen) atoms. The van der Waals surface area contributed by atoms with E-state index in [4.69, 9.17) is 4.74 Å². The van der Waals surface area contributed by atoms with E-state index in [1.165, 1.54) is 12.1 Å². The van der Waals surface area contributed by atoms with E-state index in [1.54, 1.807) is 12.1 Å². The maximum absolute atomic E-state index is 13.4. The molecule has 6 heteroatoms. The second-order valence-electron chi connectivity index (χ2n) is 8.81. The summed E-state index contributed by atoms with van der Waals surface area (Å²) in [4.78, 5) is 30.4. The van der Waals surface area contributed by atoms with Crippen molar-refractivity contribution in [2.45, 2.75) is 18.9 Å². The highest BCUT2D eigenvalue weighted by Crippen LogP contribution is 2.27. The van der Waals surface area contributed by atoms with Gasteiger partial charge in [-0.2, -0.15) is 0 Å². The molecule has 2 heterocycles. The summed E-state index contributed by atoms with van der Waals surface area (Å²) in [5, 5.41) is 1.97. The van der Waals surface area contributed by atoms with Gasteiger partial charge in [0.2, 0.25) is 5.91 Å². The second-order valence-corrected chi connectivity index (χ2v) is 8.81. The van der Waals surface area contributed by atoms with Crippen LogP contribution in [0, 0.1) is 11.7 Å². The highest BCUT2D eigenvalue weighted by molar-refractivity contribution is 6.07. The van der Waals surface area contributed by atoms with E-state index in [1.807, 2.05) is 52.3 Å². The molecule has 2 aliphatic heterocycles. The molecule has 170 valence electrons. The van der Waals surface area contributed by atoms with Gasteiger partial charge in [-0.05, 0) is 47.4 Å². The molecule has 0 N–H and O–H groups in total. The van der Waals surface area contributed by atoms with Crippen LogP contribution < -0.4 is 0 Å². The molecule has 2 atom stereocenters. The predicted molar refractivity (Wildman–Crippen MR) is 124 cm³/mol. The van der Waals surface area contributed by atoms with Gasteiger partial charge in [-0.25, -0.2) is 4.39 Å². The molecular formula is C27H27FN2O3. The third kappa shape index (κ3) is 4.48. The van der Waals surface area contributed by atoms with Crippen molar-refractivity contribution in [3.8, 4) is 0 Å². The SMILES string of the molecule is O=C(c1cccc2ccccc12)N1CCC[C@@H](C(=O)N2CCO[C@H](c3ccc(F)cc3)C2)C1. The minimum Gasteiger partial charge on any atom is -0.370 e. The molecule has 0 aliphatic carbocycles. The van der Waals surface area contributed by atoms with Gasteiger partial charge in [0.05, 0.1) is 19.1 Å². The van der Waals surface area contributed by atoms with Crippen molar-refractivity contribution >= 4 is 22.6 Å². The van der Waals surface area contributed by atoms with Gasteiger partial charge >= 0.3 is 0 Å². The number of ether oxygens (including phenoxy) is 1. The smallest absolute Gasteiger partial charge is 0.254 e. The summed E-state index contributed by atoms with van der Waals surface area (Å²) in [6.07, 6.45) is 1.32. The number of carbonyl (C=O) groups is 2. The highest BCUT2D eigenvalue weighted by atomic mass is 19.1. The summed E-state index contributed by atoms with van der Waals surface area (Å²) >= 11 is 0. The lowest BCUT2D eigenvalue weighted by Crippen LogP contribution is -2.50. The van der Waals surface area contributed by atoms with Gasteiger partial charge in [0.15, 0.2) is 0 Å². The number of nitrogens with zero attached hydrogens (tertiary/aromatic N) is 2. The van der Waals surface area contributed by atoms with Crippen LogP contribution in [0.1, 0.15) is 34.9 Å². The van der Waals surface area contributed by atoms with Crippen LogP contribution >= 0.6 is 0 Å². The summed E-state index contributed by atoms with van der Waals surface area (Å²) in [6, 6.07) is 19.9. The fraction of sp³-hybridized carbons (Fsp3) is 0.333. The first-order valence-electron chi connectivity index (χ1n) is 11.5. The molecular weight excluding hydrogens is 419 g/mol. The van der Waals surface area contributed by atoms with Crippen LogP contribution in [-0.4, -0.2) is 54.4 Å². The number of amides is 2. The topological polar surface area (TPSA) is 49.9 Å². The molecule has 0 radical (unpaired) electrons. The fourth-order valence-electron chi connectivity index (χ4n) is 4.93. The van der Waals surface area contributed by atoms with Crippen LogP contribution in [0.25, 0.3) is 10.8 Å². The van der Waals surface area contributed by atoms with Gasteiger partial charge in [-0.3, -0.25) is 9.59 Å². The van der Waals surface area contributed by atoms with Crippen molar-refractivity contribution in [1.29, 1.82) is 0 Å². The number of hydrogen-bond donors (Lipinski definition) is 0. The Bertz CT molecular complexity index is 1160. The van der Waals surface area contributed by atoms with Crippen molar-refractivity contribution < 1.29 is 18.7 Å². The summed E-state index contributed by atoms with van der Waals surface area (Å²) in [5.41, 5.74) is 1.55. The van der Waals surface area contributed by atoms with E-state index >= 15 is 0 Å². The van der Waals surface area contributed by atoms with Crippen LogP contribution in [0.2, 0.25) is 0 Å². The van der Waals surface area contributed by atoms with Crippen LogP contribution in [-0.2, 0) is 9.53 Å². The minimum atomic E-state index is -0.291. The Morgan fingerprint density at radius 1 is 0.879 bits per heavy atom. The van der Waals surface area contributed by atoms with Crippen molar-refractivity contribution in [2.24, 2.45) is 5.92 Å². The van der Waals surface area contributed by atoms with Crippen molar-refractivity contribution in [3.63, 3.8) is 0 Å². The molecule has 3 aromatic carbocycles. The molecule has 3 aromatic rings. The number of hydrogen-bond acceptors (Lipinski definition) is 3. The quantitative estimate of drug-likeness (QED) is 0.598. The number of halogens is 1. The Hall–Kier alpha value is -3.25. The first-order chi connectivity index (χ1) is 16.1. The third-order valence-electron chi connectivity index (χ3n) is 6.70. The molecule has 2 saturated heterocycles. The molecule has 2 aliphatic rings. The number of morpholine rings is 1. The fourth-order valence-corrected chi connectivity index (χ4v) is 4.93. The number of piperidine rings is 1. The van der Waals surface area contributed by atoms with Crippen LogP contribution in [0.3, 0.4) is 0 Å². The molecule has 5 rings (SSSR count). The largest absolute Gasteiger partial charge is 0.370 e. The summed E-state index contributed by atoms with van der Waals surface area (Å²) < 4.78 is 19.1. The molecule has 2 amide bonds. The van der Waals surface area contributed by atoms with E-state index in [9.17, 15) is 14.0 Å². The number of rotatable bonds is 3. The van der Waals surface area contributed by atoms with Crippen molar-refractivity contribution in [3.05, 3.63) is 83.7 Å². The highest BCUT2D eigenvalue weighted by Gasteiger charge is 2.34. The maximum atomic E-state index is 13.4. The summed E-state index contributed by atoms with van der Waals surface area (Å²) in [5.74, 6) is -0.457. The standard InChI is InChI=1S/C27H27FN2O3/c28-22-12-10-20(11-13-22)25-18-30(15-16-33-25)26(31)21-7-4-14-29(17-21)27(32)24-9-3-6-19-5-1-2-8-23(19)24/h1-3,5-6,8-13,21,25H,4,7,14-18H2/t21-,25+/m1/s1. The lowest BCUT2D eigenvalue weighted by atomic mass is 9.94. The van der Waals surface area contributed by atoms with Gasteiger partial charge < -0.3 is 14.5 Å². The zero-order valence-electron chi connectivity index (χ0n) is 18.5. The van der Waals surface area contributed by atoms with Crippen molar-refractivity contribution in [2.75, 3.05) is 32.8 Å². The molecule has 0 aromatic heterocycles. The summed E-state index contributed by atoms with van der Waals surface area (Å²) in [7, 11) is 0. The normalized spacial score (nSPS) is 21.2. The second kappa shape index (κ2) is 9.32. The molecule has 0 spiro atoms. The van der Waals surface area contributed by atoms with Crippen LogP contribution in [0.5, 0.6) is 0 Å². The van der Waals surface area contributed by atoms with E-state index in [0.29, 0.717) is 38.3 Å². The zero-order chi connectivity index (χ0) is 22.8. The van der Waals surface area contributed by atoms with Crippen LogP contribution in [0.4, 0.5) is 4.39 Å². The van der Waals surface area contributed by atoms with Gasteiger partial charge in [-0.15, -0.1) is 0 Å². The summed E-state index contributed by atoms with van der Waals surface area (Å²) in [6.45, 7) is 2.51. The van der Waals surface area contributed by atoms with E-state index in [0.717, 1.165) is 29.2 Å². The van der Waals surface area contributed by atoms with Crippen LogP contribution in [0.15, 0.2) is 66.7 Å². The predicted octanol–water partition coefficient (Wildman–Crippen LogP) is 4.43. The minimum absolute atomic E-state index is 0.0181. The van der Waals surface area contributed by atoms with Crippen molar-refractivity contribution in [1.82, 2.24) is 9.80 Å². The van der Waals surface area contributed by atoms with E-state index in [2.05, 4.69) is 0 Å². The Morgan fingerprint density at radius 3 is 2.52 bits per heavy atom. The monoisotopic (exact) mass is 446 g/mol. The number of benzene rings is 3. The average molecular weight is 447 g/mol. The number of carbonyl (C=O) groups excluding carboxylic acids is 2. The molecule has 0 bridgehead atoms. The average Bonchev–Trinajstić information content (AvgIpc) is 2.88. The lowest BCUT2D eigenvalue weighted by Gasteiger charge is -2.38. The van der Waals surface area contributed by atoms with Gasteiger partial charge in [0.25, 0.3) is 5.91 Å². The molecule has 0 saturated carbocycles. The van der Waals surface area contributed by atoms with Gasteiger partial charge in [0, 0.05) is 25.2 Å². The van der Waals surface area contributed by atoms with Gasteiger partial charge in [-0.1, -0.05) is 48.5 Å². The van der Waals surface area contributed by atoms with E-state index < -0.39 is 0 Å². The Labute approximate surface area is 192 Å². The first-order valence-corrected chi connectivity index (χ1v) is 11.5. The molecule has 2 fully saturated rings. The molecule has 5 nitrogen and oxygen atoms in total. The maximum Gasteiger partial charge on any atom is 0.254 e. The Balaban J connectivity index is 1.28. The van der Waals surface area contributed by atoms with E-state index in [-0.39, 0.29) is 29.7 Å².